The summed E-state index contributed by atoms with van der Waals surface area (Å²) in [5.74, 6) is 0. The van der Waals surface area contributed by atoms with Crippen LogP contribution in [0.5, 0.6) is 0 Å². The number of fused-ring (bicyclic) bond motifs is 12. The monoisotopic (exact) mass is 1940 g/mol. The summed E-state index contributed by atoms with van der Waals surface area (Å²) in [6.07, 6.45) is 12.2. The van der Waals surface area contributed by atoms with Crippen LogP contribution >= 0.6 is 0 Å². The average Bonchev–Trinajstić information content (AvgIpc) is 1.52. The van der Waals surface area contributed by atoms with Crippen LogP contribution in [0.4, 0.5) is 0 Å². The molecule has 0 radical (unpaired) electrons. The van der Waals surface area contributed by atoms with E-state index < -0.39 is 21.9 Å². The third-order valence-electron chi connectivity index (χ3n) is 26.4. The van der Waals surface area contributed by atoms with Crippen LogP contribution < -0.4 is 10.2 Å². The van der Waals surface area contributed by atoms with Crippen LogP contribution in [0.3, 0.4) is 0 Å². The van der Waals surface area contributed by atoms with Crippen molar-refractivity contribution < 1.29 is 60.4 Å². The molecule has 0 atom stereocenters. The minimum absolute atomic E-state index is 0. The number of rotatable bonds is 8. The maximum Gasteiger partial charge on any atom is 2.00 e. The molecule has 10 heteroatoms. The zero-order chi connectivity index (χ0) is 84.2. The Labute approximate surface area is 743 Å². The molecule has 0 saturated carbocycles. The zero-order valence-corrected chi connectivity index (χ0v) is 79.7. The molecule has 10 aromatic carbocycles. The van der Waals surface area contributed by atoms with Gasteiger partial charge in [-0.1, -0.05) is 353 Å². The van der Waals surface area contributed by atoms with E-state index >= 15 is 0 Å². The van der Waals surface area contributed by atoms with Gasteiger partial charge in [0.1, 0.15) is 0 Å². The van der Waals surface area contributed by atoms with Crippen molar-refractivity contribution in [2.24, 2.45) is 0 Å². The maximum absolute atomic E-state index is 4.95. The molecule has 2 aliphatic heterocycles. The van der Waals surface area contributed by atoms with E-state index in [-0.39, 0.29) is 85.5 Å². The van der Waals surface area contributed by atoms with Crippen molar-refractivity contribution in [3.8, 4) is 44.5 Å². The fourth-order valence-corrected chi connectivity index (χ4v) is 19.6. The van der Waals surface area contributed by atoms with E-state index in [1.807, 2.05) is 21.5 Å². The van der Waals surface area contributed by atoms with E-state index in [2.05, 4.69) is 443 Å². The minimum atomic E-state index is -0.760. The van der Waals surface area contributed by atoms with Gasteiger partial charge in [0.25, 0.3) is 0 Å². The van der Waals surface area contributed by atoms with Crippen molar-refractivity contribution in [3.63, 3.8) is 0 Å². The first kappa shape index (κ1) is 85.2. The van der Waals surface area contributed by atoms with Gasteiger partial charge >= 0.3 is 54.1 Å². The summed E-state index contributed by atoms with van der Waals surface area (Å²) in [6.45, 7) is 55.2. The van der Waals surface area contributed by atoms with Crippen LogP contribution in [0.15, 0.2) is 231 Å². The molecule has 4 heterocycles. The third kappa shape index (κ3) is 13.3. The SMILES string of the molecule is C[N+]1=C=[N+](C2(c3[c-]c(C4(c5cc[n-]n5)c5ccc(C(C)(C)C)cc5-c5cc(C(C)(C)C)ccc54)ccc3)c3ccc(C(C)(C)C)cc3-c3cc(C(C)(C)C)ccc32)C=C1.C[N+]1=C=[N+](C2(c3[c-]c(C4(c5cc[n-]n5)c5ccc(C(C)(C)C)cc5-c5cc(C(C)(C)C)ccc54)ccc3)c3ccc(C(C)(C)C)cc3-c3cc(C(C)(C)C)ccc32)C=C1.[Pt+2].[Pt+2]. The molecule has 2 aromatic heterocycles. The van der Waals surface area contributed by atoms with Gasteiger partial charge in [0, 0.05) is 33.6 Å². The van der Waals surface area contributed by atoms with Crippen LogP contribution in [-0.2, 0) is 107 Å². The Morgan fingerprint density at radius 1 is 0.267 bits per heavy atom. The summed E-state index contributed by atoms with van der Waals surface area (Å²) >= 11 is 0. The largest absolute Gasteiger partial charge is 2.00 e. The molecule has 0 saturated heterocycles. The zero-order valence-electron chi connectivity index (χ0n) is 75.1. The van der Waals surface area contributed by atoms with Gasteiger partial charge in [-0.2, -0.15) is 60.9 Å². The van der Waals surface area contributed by atoms with Gasteiger partial charge in [0.2, 0.25) is 35.9 Å². The first-order chi connectivity index (χ1) is 55.3. The van der Waals surface area contributed by atoms with Crippen molar-refractivity contribution in [2.75, 3.05) is 14.1 Å². The molecular formula is C110H116N8Pt2+4. The average molecular weight is 1940 g/mol. The Morgan fingerprint density at radius 2 is 0.475 bits per heavy atom. The summed E-state index contributed by atoms with van der Waals surface area (Å²) in [6, 6.07) is 90.7. The summed E-state index contributed by atoms with van der Waals surface area (Å²) in [5.41, 5.74) is 33.2. The van der Waals surface area contributed by atoms with Gasteiger partial charge in [-0.25, -0.2) is 0 Å². The number of aromatic nitrogens is 4. The first-order valence-corrected chi connectivity index (χ1v) is 42.4. The summed E-state index contributed by atoms with van der Waals surface area (Å²) < 4.78 is 8.63. The third-order valence-corrected chi connectivity index (χ3v) is 26.4. The smallest absolute Gasteiger partial charge is 0.581 e. The normalized spacial score (nSPS) is 16.1. The summed E-state index contributed by atoms with van der Waals surface area (Å²) in [5, 5.41) is 18.9. The van der Waals surface area contributed by atoms with Crippen LogP contribution in [-0.4, -0.2) is 54.6 Å². The van der Waals surface area contributed by atoms with E-state index in [0.29, 0.717) is 0 Å². The first-order valence-electron chi connectivity index (χ1n) is 42.4. The molecule has 0 bridgehead atoms. The molecule has 0 unspecified atom stereocenters. The molecular weight excluding hydrogens is 1820 g/mol. The minimum Gasteiger partial charge on any atom is -0.581 e. The Hall–Kier alpha value is -9.76. The Morgan fingerprint density at radius 3 is 0.667 bits per heavy atom. The van der Waals surface area contributed by atoms with E-state index in [4.69, 9.17) is 10.2 Å². The second-order valence-corrected chi connectivity index (χ2v) is 42.6. The predicted molar refractivity (Wildman–Crippen MR) is 482 cm³/mol. The topological polar surface area (TPSA) is 66.0 Å². The second-order valence-electron chi connectivity index (χ2n) is 42.6. The standard InChI is InChI=1S/2C55H58N4.2Pt/c2*1-50(2,3)35-17-21-45-41(30-35)42-31-36(51(4,5)6)18-22-46(42)54(45,49-25-26-56-57-49)39-15-14-16-40(29-39)55(59-28-27-58(13)34-59)47-23-19-37(52(7,8)9)32-43(47)44-33-38(53(10,11)12)20-24-48(44)55;;/h2*14-28,30-33H,1-13H3;;/q;;2*+2. The quantitative estimate of drug-likeness (QED) is 0.112. The van der Waals surface area contributed by atoms with Gasteiger partial charge in [-0.15, -0.1) is 11.1 Å². The number of hydrogen-bond acceptors (Lipinski definition) is 2. The van der Waals surface area contributed by atoms with E-state index in [9.17, 15) is 0 Å². The van der Waals surface area contributed by atoms with Gasteiger partial charge in [-0.05, 0) is 155 Å². The molecule has 612 valence electrons. The Bertz CT molecular complexity index is 5730. The molecule has 8 nitrogen and oxygen atoms in total. The van der Waals surface area contributed by atoms with Crippen molar-refractivity contribution in [1.82, 2.24) is 20.4 Å². The molecule has 0 fully saturated rings. The van der Waals surface area contributed by atoms with E-state index in [1.165, 1.54) is 134 Å². The maximum atomic E-state index is 4.95. The van der Waals surface area contributed by atoms with Gasteiger partial charge in [-0.3, -0.25) is 0 Å². The van der Waals surface area contributed by atoms with Gasteiger partial charge in [0.05, 0.1) is 10.8 Å². The fraction of sp³-hybridized carbons (Fsp3) is 0.345. The number of nitrogens with zero attached hydrogens (tertiary/aromatic N) is 8. The molecule has 12 aromatic rings. The second kappa shape index (κ2) is 29.0. The summed E-state index contributed by atoms with van der Waals surface area (Å²) in [7, 11) is 4.11. The van der Waals surface area contributed by atoms with Crippen LogP contribution in [0.2, 0.25) is 0 Å². The molecule has 0 spiro atoms. The van der Waals surface area contributed by atoms with E-state index in [0.717, 1.165) is 33.6 Å². The Balaban J connectivity index is 0.000000184. The van der Waals surface area contributed by atoms with Gasteiger partial charge in [0.15, 0.2) is 14.1 Å². The fourth-order valence-electron chi connectivity index (χ4n) is 19.6. The van der Waals surface area contributed by atoms with Gasteiger partial charge < -0.3 is 20.4 Å². The number of benzene rings is 10. The van der Waals surface area contributed by atoms with Crippen molar-refractivity contribution in [2.45, 2.75) is 231 Å². The predicted octanol–water partition coefficient (Wildman–Crippen LogP) is 24.0. The summed E-state index contributed by atoms with van der Waals surface area (Å²) in [4.78, 5) is 0. The Kier molecular flexibility index (Phi) is 20.6. The molecule has 120 heavy (non-hydrogen) atoms. The molecule has 0 N–H and O–H groups in total. The van der Waals surface area contributed by atoms with Crippen LogP contribution in [0, 0.1) is 12.1 Å². The molecule has 6 aliphatic rings. The van der Waals surface area contributed by atoms with Crippen LogP contribution in [0.1, 0.15) is 289 Å². The van der Waals surface area contributed by atoms with Crippen molar-refractivity contribution in [3.05, 3.63) is 366 Å². The molecule has 0 amide bonds. The van der Waals surface area contributed by atoms with Crippen molar-refractivity contribution >= 4 is 12.0 Å². The van der Waals surface area contributed by atoms with E-state index in [1.54, 1.807) is 0 Å². The number of hydrogen-bond donors (Lipinski definition) is 0. The van der Waals surface area contributed by atoms with Crippen LogP contribution in [0.25, 0.3) is 44.5 Å². The molecule has 18 rings (SSSR count). The van der Waals surface area contributed by atoms with Crippen molar-refractivity contribution in [1.29, 1.82) is 0 Å². The molecule has 4 aliphatic carbocycles.